The van der Waals surface area contributed by atoms with Crippen molar-refractivity contribution >= 4 is 17.6 Å². The van der Waals surface area contributed by atoms with Crippen LogP contribution in [0.5, 0.6) is 0 Å². The maximum atomic E-state index is 8.31. The van der Waals surface area contributed by atoms with Crippen LogP contribution in [-0.2, 0) is 0 Å². The third kappa shape index (κ3) is 2.40. The highest BCUT2D eigenvalue weighted by Gasteiger charge is 1.99. The lowest BCUT2D eigenvalue weighted by Gasteiger charge is -1.98. The molecule has 4 nitrogen and oxygen atoms in total. The standard InChI is InChI=1S/C7H8N4S/c1-5-4-6(9)11-7(10-5)12-3-2-8/h4H,3H2,1H3,(H2,9,10,11). The molecule has 1 heterocycles. The fourth-order valence-corrected chi connectivity index (χ4v) is 1.30. The summed E-state index contributed by atoms with van der Waals surface area (Å²) in [7, 11) is 0. The molecule has 1 aromatic rings. The summed E-state index contributed by atoms with van der Waals surface area (Å²) in [5.74, 6) is 0.797. The van der Waals surface area contributed by atoms with Gasteiger partial charge in [0, 0.05) is 11.8 Å². The van der Waals surface area contributed by atoms with Crippen LogP contribution in [-0.4, -0.2) is 15.7 Å². The first-order chi connectivity index (χ1) is 5.72. The van der Waals surface area contributed by atoms with Gasteiger partial charge in [-0.15, -0.1) is 0 Å². The molecule has 0 aliphatic rings. The first-order valence-electron chi connectivity index (χ1n) is 3.33. The molecule has 0 radical (unpaired) electrons. The molecule has 1 aromatic heterocycles. The van der Waals surface area contributed by atoms with Gasteiger partial charge in [0.15, 0.2) is 5.16 Å². The van der Waals surface area contributed by atoms with Gasteiger partial charge in [-0.3, -0.25) is 0 Å². The molecular weight excluding hydrogens is 172 g/mol. The molecule has 1 rings (SSSR count). The summed E-state index contributed by atoms with van der Waals surface area (Å²) < 4.78 is 0. The Labute approximate surface area is 74.8 Å². The first kappa shape index (κ1) is 8.81. The number of nitrogens with two attached hydrogens (primary N) is 1. The van der Waals surface area contributed by atoms with E-state index in [1.54, 1.807) is 6.07 Å². The number of aromatic nitrogens is 2. The second-order valence-electron chi connectivity index (χ2n) is 2.16. The Hall–Kier alpha value is -1.28. The van der Waals surface area contributed by atoms with Gasteiger partial charge in [-0.2, -0.15) is 5.26 Å². The van der Waals surface area contributed by atoms with Crippen LogP contribution in [0.15, 0.2) is 11.2 Å². The quantitative estimate of drug-likeness (QED) is 0.542. The number of thioether (sulfide) groups is 1. The van der Waals surface area contributed by atoms with E-state index in [4.69, 9.17) is 11.0 Å². The fraction of sp³-hybridized carbons (Fsp3) is 0.286. The number of anilines is 1. The molecule has 0 amide bonds. The highest BCUT2D eigenvalue weighted by atomic mass is 32.2. The number of nitriles is 1. The summed E-state index contributed by atoms with van der Waals surface area (Å²) >= 11 is 1.29. The van der Waals surface area contributed by atoms with Gasteiger partial charge in [-0.05, 0) is 6.92 Å². The van der Waals surface area contributed by atoms with Gasteiger partial charge in [-0.25, -0.2) is 9.97 Å². The van der Waals surface area contributed by atoms with Gasteiger partial charge in [0.1, 0.15) is 5.82 Å². The normalized spacial score (nSPS) is 9.33. The highest BCUT2D eigenvalue weighted by molar-refractivity contribution is 7.99. The zero-order valence-corrected chi connectivity index (χ0v) is 7.43. The largest absolute Gasteiger partial charge is 0.384 e. The van der Waals surface area contributed by atoms with Crippen LogP contribution in [0.4, 0.5) is 5.82 Å². The van der Waals surface area contributed by atoms with E-state index in [2.05, 4.69) is 9.97 Å². The monoisotopic (exact) mass is 180 g/mol. The van der Waals surface area contributed by atoms with Gasteiger partial charge in [0.05, 0.1) is 11.8 Å². The van der Waals surface area contributed by atoms with Crippen molar-refractivity contribution in [2.75, 3.05) is 11.5 Å². The number of nitrogen functional groups attached to an aromatic ring is 1. The Kier molecular flexibility index (Phi) is 2.88. The maximum absolute atomic E-state index is 8.31. The van der Waals surface area contributed by atoms with Crippen LogP contribution in [0.25, 0.3) is 0 Å². The van der Waals surface area contributed by atoms with E-state index in [1.165, 1.54) is 11.8 Å². The van der Waals surface area contributed by atoms with Gasteiger partial charge < -0.3 is 5.73 Å². The topological polar surface area (TPSA) is 75.6 Å². The molecule has 0 aromatic carbocycles. The van der Waals surface area contributed by atoms with E-state index in [1.807, 2.05) is 13.0 Å². The predicted octanol–water partition coefficient (Wildman–Crippen LogP) is 0.983. The van der Waals surface area contributed by atoms with Gasteiger partial charge >= 0.3 is 0 Å². The lowest BCUT2D eigenvalue weighted by atomic mass is 10.4. The third-order valence-corrected chi connectivity index (χ3v) is 1.83. The number of aryl methyl sites for hydroxylation is 1. The van der Waals surface area contributed by atoms with Crippen LogP contribution in [0.1, 0.15) is 5.69 Å². The first-order valence-corrected chi connectivity index (χ1v) is 4.32. The van der Waals surface area contributed by atoms with Crippen molar-refractivity contribution in [2.24, 2.45) is 0 Å². The molecule has 62 valence electrons. The fourth-order valence-electron chi connectivity index (χ4n) is 0.726. The molecule has 12 heavy (non-hydrogen) atoms. The SMILES string of the molecule is Cc1cc(N)nc(SCC#N)n1. The number of hydrogen-bond donors (Lipinski definition) is 1. The van der Waals surface area contributed by atoms with Crippen molar-refractivity contribution in [1.82, 2.24) is 9.97 Å². The van der Waals surface area contributed by atoms with Crippen LogP contribution in [0.2, 0.25) is 0 Å². The Balaban J connectivity index is 2.80. The van der Waals surface area contributed by atoms with E-state index < -0.39 is 0 Å². The number of nitrogens with zero attached hydrogens (tertiary/aromatic N) is 3. The minimum Gasteiger partial charge on any atom is -0.384 e. The van der Waals surface area contributed by atoms with Crippen LogP contribution in [0.3, 0.4) is 0 Å². The Morgan fingerprint density at radius 3 is 3.00 bits per heavy atom. The molecule has 0 spiro atoms. The summed E-state index contributed by atoms with van der Waals surface area (Å²) in [6.45, 7) is 1.84. The van der Waals surface area contributed by atoms with E-state index in [0.717, 1.165) is 5.69 Å². The van der Waals surface area contributed by atoms with E-state index in [-0.39, 0.29) is 0 Å². The lowest BCUT2D eigenvalue weighted by molar-refractivity contribution is 0.942. The molecule has 0 aliphatic carbocycles. The summed E-state index contributed by atoms with van der Waals surface area (Å²) in [5.41, 5.74) is 6.31. The van der Waals surface area contributed by atoms with Gasteiger partial charge in [0.2, 0.25) is 0 Å². The summed E-state index contributed by atoms with van der Waals surface area (Å²) in [4.78, 5) is 8.04. The van der Waals surface area contributed by atoms with Crippen molar-refractivity contribution in [3.05, 3.63) is 11.8 Å². The molecule has 0 atom stereocenters. The molecule has 0 saturated carbocycles. The average Bonchev–Trinajstić information content (AvgIpc) is 1.99. The summed E-state index contributed by atoms with van der Waals surface area (Å²) in [6, 6.07) is 3.69. The van der Waals surface area contributed by atoms with Crippen molar-refractivity contribution < 1.29 is 0 Å². The second kappa shape index (κ2) is 3.93. The number of hydrogen-bond acceptors (Lipinski definition) is 5. The molecule has 0 unspecified atom stereocenters. The van der Waals surface area contributed by atoms with Crippen LogP contribution in [0, 0.1) is 18.3 Å². The highest BCUT2D eigenvalue weighted by Crippen LogP contribution is 2.13. The number of rotatable bonds is 2. The van der Waals surface area contributed by atoms with E-state index in [9.17, 15) is 0 Å². The predicted molar refractivity (Wildman–Crippen MR) is 47.5 cm³/mol. The minimum absolute atomic E-state index is 0.350. The van der Waals surface area contributed by atoms with Crippen molar-refractivity contribution in [2.45, 2.75) is 12.1 Å². The van der Waals surface area contributed by atoms with E-state index in [0.29, 0.717) is 16.7 Å². The molecule has 5 heteroatoms. The Morgan fingerprint density at radius 1 is 1.67 bits per heavy atom. The molecular formula is C7H8N4S. The smallest absolute Gasteiger partial charge is 0.190 e. The molecule has 0 fully saturated rings. The average molecular weight is 180 g/mol. The lowest BCUT2D eigenvalue weighted by Crippen LogP contribution is -1.96. The van der Waals surface area contributed by atoms with Crippen molar-refractivity contribution in [3.8, 4) is 6.07 Å². The summed E-state index contributed by atoms with van der Waals surface area (Å²) in [6.07, 6.45) is 0. The molecule has 0 saturated heterocycles. The van der Waals surface area contributed by atoms with Crippen molar-refractivity contribution in [3.63, 3.8) is 0 Å². The van der Waals surface area contributed by atoms with E-state index >= 15 is 0 Å². The molecule has 2 N–H and O–H groups in total. The minimum atomic E-state index is 0.350. The van der Waals surface area contributed by atoms with Crippen molar-refractivity contribution in [1.29, 1.82) is 5.26 Å². The van der Waals surface area contributed by atoms with Gasteiger partial charge in [-0.1, -0.05) is 11.8 Å². The van der Waals surface area contributed by atoms with Gasteiger partial charge in [0.25, 0.3) is 0 Å². The Morgan fingerprint density at radius 2 is 2.42 bits per heavy atom. The maximum Gasteiger partial charge on any atom is 0.190 e. The van der Waals surface area contributed by atoms with Crippen LogP contribution >= 0.6 is 11.8 Å². The molecule has 0 aliphatic heterocycles. The zero-order chi connectivity index (χ0) is 8.97. The second-order valence-corrected chi connectivity index (χ2v) is 3.11. The summed E-state index contributed by atoms with van der Waals surface area (Å²) in [5, 5.41) is 8.87. The van der Waals surface area contributed by atoms with Crippen LogP contribution < -0.4 is 5.73 Å². The zero-order valence-electron chi connectivity index (χ0n) is 6.61. The molecule has 0 bridgehead atoms. The Bertz CT molecular complexity index is 297. The third-order valence-electron chi connectivity index (χ3n) is 1.12.